The first-order valence-electron chi connectivity index (χ1n) is 5.74. The van der Waals surface area contributed by atoms with Gasteiger partial charge in [0.2, 0.25) is 0 Å². The van der Waals surface area contributed by atoms with Gasteiger partial charge >= 0.3 is 0 Å². The Morgan fingerprint density at radius 2 is 1.94 bits per heavy atom. The second kappa shape index (κ2) is 5.28. The first-order valence-corrected chi connectivity index (χ1v) is 8.00. The third-order valence-electron chi connectivity index (χ3n) is 2.50. The Balaban J connectivity index is 3.05. The SMILES string of the molecule is Cc1cc(S(=O)(=O)N(C)CC(C)(C)C)sc1CO. The first kappa shape index (κ1) is 15.6. The molecule has 0 aliphatic heterocycles. The van der Waals surface area contributed by atoms with Crippen LogP contribution < -0.4 is 0 Å². The van der Waals surface area contributed by atoms with Gasteiger partial charge in [-0.05, 0) is 24.0 Å². The number of hydrogen-bond acceptors (Lipinski definition) is 4. The van der Waals surface area contributed by atoms with Crippen molar-refractivity contribution in [3.63, 3.8) is 0 Å². The van der Waals surface area contributed by atoms with Crippen LogP contribution in [-0.4, -0.2) is 31.4 Å². The molecule has 18 heavy (non-hydrogen) atoms. The van der Waals surface area contributed by atoms with Crippen LogP contribution in [0, 0.1) is 12.3 Å². The quantitative estimate of drug-likeness (QED) is 0.925. The van der Waals surface area contributed by atoms with Crippen molar-refractivity contribution >= 4 is 21.4 Å². The van der Waals surface area contributed by atoms with Crippen LogP contribution in [0.25, 0.3) is 0 Å². The number of hydrogen-bond donors (Lipinski definition) is 1. The molecule has 1 rings (SSSR count). The average Bonchev–Trinajstić information content (AvgIpc) is 2.57. The number of aliphatic hydroxyl groups excluding tert-OH is 1. The van der Waals surface area contributed by atoms with Gasteiger partial charge in [0.25, 0.3) is 10.0 Å². The molecule has 0 bridgehead atoms. The summed E-state index contributed by atoms with van der Waals surface area (Å²) in [5.74, 6) is 0. The Labute approximate surface area is 113 Å². The van der Waals surface area contributed by atoms with Gasteiger partial charge in [-0.1, -0.05) is 20.8 Å². The standard InChI is InChI=1S/C12H21NO3S2/c1-9-6-11(17-10(9)7-14)18(15,16)13(5)8-12(2,3)4/h6,14H,7-8H2,1-5H3. The predicted octanol–water partition coefficient (Wildman–Crippen LogP) is 2.22. The molecular weight excluding hydrogens is 270 g/mol. The van der Waals surface area contributed by atoms with Gasteiger partial charge in [0.1, 0.15) is 4.21 Å². The molecule has 1 aromatic heterocycles. The van der Waals surface area contributed by atoms with Crippen LogP contribution in [0.5, 0.6) is 0 Å². The number of aliphatic hydroxyl groups is 1. The van der Waals surface area contributed by atoms with Gasteiger partial charge in [0.05, 0.1) is 6.61 Å². The van der Waals surface area contributed by atoms with Gasteiger partial charge in [-0.3, -0.25) is 0 Å². The summed E-state index contributed by atoms with van der Waals surface area (Å²) < 4.78 is 26.4. The molecule has 0 saturated heterocycles. The Morgan fingerprint density at radius 1 is 1.39 bits per heavy atom. The van der Waals surface area contributed by atoms with Crippen molar-refractivity contribution in [2.24, 2.45) is 5.41 Å². The Morgan fingerprint density at radius 3 is 2.33 bits per heavy atom. The van der Waals surface area contributed by atoms with Crippen LogP contribution in [0.15, 0.2) is 10.3 Å². The van der Waals surface area contributed by atoms with Gasteiger partial charge < -0.3 is 5.11 Å². The normalized spacial score (nSPS) is 13.3. The van der Waals surface area contributed by atoms with Crippen LogP contribution in [0.4, 0.5) is 0 Å². The largest absolute Gasteiger partial charge is 0.391 e. The topological polar surface area (TPSA) is 57.6 Å². The first-order chi connectivity index (χ1) is 8.08. The van der Waals surface area contributed by atoms with Crippen molar-refractivity contribution in [1.29, 1.82) is 0 Å². The van der Waals surface area contributed by atoms with Crippen molar-refractivity contribution in [1.82, 2.24) is 4.31 Å². The highest BCUT2D eigenvalue weighted by Gasteiger charge is 2.27. The number of aryl methyl sites for hydroxylation is 1. The van der Waals surface area contributed by atoms with E-state index in [0.717, 1.165) is 16.9 Å². The zero-order valence-corrected chi connectivity index (χ0v) is 13.2. The Kier molecular flexibility index (Phi) is 4.59. The van der Waals surface area contributed by atoms with Crippen LogP contribution >= 0.6 is 11.3 Å². The lowest BCUT2D eigenvalue weighted by molar-refractivity contribution is 0.285. The van der Waals surface area contributed by atoms with Crippen LogP contribution in [0.1, 0.15) is 31.2 Å². The van der Waals surface area contributed by atoms with E-state index in [4.69, 9.17) is 5.11 Å². The van der Waals surface area contributed by atoms with Gasteiger partial charge in [0.15, 0.2) is 0 Å². The van der Waals surface area contributed by atoms with Crippen LogP contribution in [-0.2, 0) is 16.6 Å². The van der Waals surface area contributed by atoms with E-state index >= 15 is 0 Å². The fraction of sp³-hybridized carbons (Fsp3) is 0.667. The van der Waals surface area contributed by atoms with Crippen molar-refractivity contribution in [3.8, 4) is 0 Å². The summed E-state index contributed by atoms with van der Waals surface area (Å²) in [6.07, 6.45) is 0. The van der Waals surface area contributed by atoms with Crippen molar-refractivity contribution in [2.45, 2.75) is 38.5 Å². The molecule has 104 valence electrons. The number of thiophene rings is 1. The molecule has 0 atom stereocenters. The summed E-state index contributed by atoms with van der Waals surface area (Å²) in [4.78, 5) is 0.706. The van der Waals surface area contributed by atoms with E-state index in [0.29, 0.717) is 15.6 Å². The summed E-state index contributed by atoms with van der Waals surface area (Å²) in [6, 6.07) is 1.63. The van der Waals surface area contributed by atoms with Crippen LogP contribution in [0.2, 0.25) is 0 Å². The molecule has 4 nitrogen and oxygen atoms in total. The third kappa shape index (κ3) is 3.54. The predicted molar refractivity (Wildman–Crippen MR) is 74.2 cm³/mol. The number of sulfonamides is 1. The fourth-order valence-electron chi connectivity index (χ4n) is 1.68. The van der Waals surface area contributed by atoms with E-state index in [1.807, 2.05) is 27.7 Å². The van der Waals surface area contributed by atoms with Gasteiger partial charge in [-0.2, -0.15) is 4.31 Å². The van der Waals surface area contributed by atoms with E-state index in [-0.39, 0.29) is 12.0 Å². The Bertz CT molecular complexity index is 512. The summed E-state index contributed by atoms with van der Waals surface area (Å²) in [7, 11) is -1.85. The third-order valence-corrected chi connectivity index (χ3v) is 5.98. The van der Waals surface area contributed by atoms with Crippen LogP contribution in [0.3, 0.4) is 0 Å². The minimum atomic E-state index is -3.44. The molecule has 0 unspecified atom stereocenters. The zero-order valence-electron chi connectivity index (χ0n) is 11.5. The van der Waals surface area contributed by atoms with E-state index < -0.39 is 10.0 Å². The fourth-order valence-corrected chi connectivity index (χ4v) is 4.74. The minimum absolute atomic E-state index is 0.0894. The molecule has 0 fully saturated rings. The summed E-state index contributed by atoms with van der Waals surface area (Å²) >= 11 is 1.14. The molecule has 0 amide bonds. The maximum absolute atomic E-state index is 12.3. The van der Waals surface area contributed by atoms with E-state index in [1.54, 1.807) is 13.1 Å². The Hall–Kier alpha value is -0.430. The lowest BCUT2D eigenvalue weighted by Gasteiger charge is -2.25. The van der Waals surface area contributed by atoms with Crippen molar-refractivity contribution in [3.05, 3.63) is 16.5 Å². The van der Waals surface area contributed by atoms with Crippen molar-refractivity contribution in [2.75, 3.05) is 13.6 Å². The zero-order chi connectivity index (χ0) is 14.1. The molecule has 0 radical (unpaired) electrons. The summed E-state index contributed by atoms with van der Waals surface area (Å²) in [6.45, 7) is 8.15. The van der Waals surface area contributed by atoms with E-state index in [1.165, 1.54) is 4.31 Å². The molecule has 0 aromatic carbocycles. The van der Waals surface area contributed by atoms with Gasteiger partial charge in [-0.15, -0.1) is 11.3 Å². The second-order valence-corrected chi connectivity index (χ2v) is 9.06. The maximum Gasteiger partial charge on any atom is 0.252 e. The highest BCUT2D eigenvalue weighted by molar-refractivity contribution is 7.91. The highest BCUT2D eigenvalue weighted by Crippen LogP contribution is 2.29. The van der Waals surface area contributed by atoms with Crippen molar-refractivity contribution < 1.29 is 13.5 Å². The second-order valence-electron chi connectivity index (χ2n) is 5.65. The molecule has 0 aliphatic rings. The van der Waals surface area contributed by atoms with Gasteiger partial charge in [-0.25, -0.2) is 8.42 Å². The molecule has 1 N–H and O–H groups in total. The highest BCUT2D eigenvalue weighted by atomic mass is 32.2. The van der Waals surface area contributed by atoms with E-state index in [9.17, 15) is 8.42 Å². The van der Waals surface area contributed by atoms with Gasteiger partial charge in [0, 0.05) is 18.5 Å². The summed E-state index contributed by atoms with van der Waals surface area (Å²) in [5.41, 5.74) is 0.735. The number of rotatable bonds is 4. The molecular formula is C12H21NO3S2. The minimum Gasteiger partial charge on any atom is -0.391 e. The molecule has 0 spiro atoms. The molecule has 0 aliphatic carbocycles. The summed E-state index contributed by atoms with van der Waals surface area (Å²) in [5, 5.41) is 9.12. The molecule has 1 aromatic rings. The lowest BCUT2D eigenvalue weighted by Crippen LogP contribution is -2.34. The maximum atomic E-state index is 12.3. The average molecular weight is 291 g/mol. The molecule has 1 heterocycles. The number of nitrogens with zero attached hydrogens (tertiary/aromatic N) is 1. The van der Waals surface area contributed by atoms with E-state index in [2.05, 4.69) is 0 Å². The molecule has 6 heteroatoms. The smallest absolute Gasteiger partial charge is 0.252 e. The lowest BCUT2D eigenvalue weighted by atomic mass is 9.97. The molecule has 0 saturated carbocycles. The monoisotopic (exact) mass is 291 g/mol.